The van der Waals surface area contributed by atoms with Crippen molar-refractivity contribution in [2.24, 2.45) is 0 Å². The molecule has 0 aliphatic heterocycles. The number of anilines is 2. The molecule has 0 bridgehead atoms. The molecule has 0 spiro atoms. The second kappa shape index (κ2) is 6.00. The highest BCUT2D eigenvalue weighted by molar-refractivity contribution is 5.78. The Morgan fingerprint density at radius 2 is 2.06 bits per heavy atom. The van der Waals surface area contributed by atoms with Gasteiger partial charge in [-0.15, -0.1) is 0 Å². The molecule has 0 aromatic heterocycles. The number of nitrogens with one attached hydrogen (secondary N) is 1. The Labute approximate surface area is 96.2 Å². The second-order valence-corrected chi connectivity index (χ2v) is 3.32. The van der Waals surface area contributed by atoms with Gasteiger partial charge in [0.1, 0.15) is 5.75 Å². The van der Waals surface area contributed by atoms with Crippen molar-refractivity contribution in [3.05, 3.63) is 18.2 Å². The van der Waals surface area contributed by atoms with Crippen LogP contribution in [0.25, 0.3) is 0 Å². The lowest BCUT2D eigenvalue weighted by Crippen LogP contribution is -2.21. The summed E-state index contributed by atoms with van der Waals surface area (Å²) < 4.78 is 5.16. The van der Waals surface area contributed by atoms with Crippen LogP contribution in [0.15, 0.2) is 18.2 Å². The maximum Gasteiger partial charge on any atom is 0.211 e. The van der Waals surface area contributed by atoms with Crippen LogP contribution in [0.3, 0.4) is 0 Å². The minimum Gasteiger partial charge on any atom is -0.495 e. The van der Waals surface area contributed by atoms with Crippen molar-refractivity contribution in [2.75, 3.05) is 30.4 Å². The third-order valence-corrected chi connectivity index (χ3v) is 2.53. The van der Waals surface area contributed by atoms with Crippen LogP contribution in [0.2, 0.25) is 0 Å². The second-order valence-electron chi connectivity index (χ2n) is 3.32. The number of methoxy groups -OCH3 is 1. The molecule has 0 saturated heterocycles. The molecule has 1 rings (SSSR count). The van der Waals surface area contributed by atoms with Crippen LogP contribution < -0.4 is 15.0 Å². The van der Waals surface area contributed by atoms with E-state index < -0.39 is 0 Å². The van der Waals surface area contributed by atoms with Gasteiger partial charge in [0.2, 0.25) is 6.41 Å². The molecule has 1 amide bonds. The Bertz CT molecular complexity index is 349. The summed E-state index contributed by atoms with van der Waals surface area (Å²) in [6, 6.07) is 5.77. The summed E-state index contributed by atoms with van der Waals surface area (Å²) in [6.45, 7) is 6.06. The maximum atomic E-state index is 10.5. The first kappa shape index (κ1) is 12.4. The molecule has 0 heterocycles. The van der Waals surface area contributed by atoms with Crippen molar-refractivity contribution >= 4 is 17.8 Å². The van der Waals surface area contributed by atoms with Gasteiger partial charge in [-0.2, -0.15) is 0 Å². The van der Waals surface area contributed by atoms with Crippen LogP contribution in [-0.2, 0) is 4.79 Å². The van der Waals surface area contributed by atoms with Crippen molar-refractivity contribution in [2.45, 2.75) is 13.8 Å². The van der Waals surface area contributed by atoms with Gasteiger partial charge in [0, 0.05) is 18.8 Å². The molecular formula is C12H18N2O2. The Hall–Kier alpha value is -1.71. The molecule has 16 heavy (non-hydrogen) atoms. The van der Waals surface area contributed by atoms with E-state index in [4.69, 9.17) is 4.74 Å². The first-order valence-electron chi connectivity index (χ1n) is 5.40. The van der Waals surface area contributed by atoms with Crippen LogP contribution in [0.1, 0.15) is 13.8 Å². The number of hydrogen-bond donors (Lipinski definition) is 1. The Morgan fingerprint density at radius 3 is 2.56 bits per heavy atom. The highest BCUT2D eigenvalue weighted by Crippen LogP contribution is 2.29. The van der Waals surface area contributed by atoms with Crippen molar-refractivity contribution in [1.29, 1.82) is 0 Å². The summed E-state index contributed by atoms with van der Waals surface area (Å²) in [6.07, 6.45) is 0.657. The van der Waals surface area contributed by atoms with Crippen molar-refractivity contribution < 1.29 is 9.53 Å². The number of hydrogen-bond acceptors (Lipinski definition) is 3. The predicted octanol–water partition coefficient (Wildman–Crippen LogP) is 2.11. The average Bonchev–Trinajstić information content (AvgIpc) is 2.31. The van der Waals surface area contributed by atoms with Gasteiger partial charge in [-0.25, -0.2) is 0 Å². The van der Waals surface area contributed by atoms with Gasteiger partial charge in [0.05, 0.1) is 12.8 Å². The van der Waals surface area contributed by atoms with Crippen LogP contribution in [0.4, 0.5) is 11.4 Å². The zero-order valence-corrected chi connectivity index (χ0v) is 9.99. The van der Waals surface area contributed by atoms with Gasteiger partial charge in [0.15, 0.2) is 0 Å². The van der Waals surface area contributed by atoms with Gasteiger partial charge >= 0.3 is 0 Å². The van der Waals surface area contributed by atoms with Gasteiger partial charge in [-0.3, -0.25) is 4.79 Å². The quantitative estimate of drug-likeness (QED) is 0.749. The highest BCUT2D eigenvalue weighted by Gasteiger charge is 2.07. The molecule has 1 aromatic rings. The Morgan fingerprint density at radius 1 is 1.38 bits per heavy atom. The standard InChI is InChI=1S/C12H18N2O2/c1-4-14(5-2)10-6-7-12(16-3)11(8-10)13-9-15/h6-9H,4-5H2,1-3H3,(H,13,15). The van der Waals surface area contributed by atoms with Crippen molar-refractivity contribution in [3.63, 3.8) is 0 Å². The molecule has 0 fully saturated rings. The molecule has 0 aliphatic carbocycles. The summed E-state index contributed by atoms with van der Waals surface area (Å²) in [5.74, 6) is 0.669. The van der Waals surface area contributed by atoms with Gasteiger partial charge in [-0.1, -0.05) is 0 Å². The van der Waals surface area contributed by atoms with E-state index in [1.54, 1.807) is 7.11 Å². The van der Waals surface area contributed by atoms with Crippen LogP contribution in [0, 0.1) is 0 Å². The van der Waals surface area contributed by atoms with Crippen LogP contribution >= 0.6 is 0 Å². The fourth-order valence-corrected chi connectivity index (χ4v) is 1.66. The summed E-state index contributed by atoms with van der Waals surface area (Å²) in [4.78, 5) is 12.7. The Kier molecular flexibility index (Phi) is 4.64. The smallest absolute Gasteiger partial charge is 0.211 e. The topological polar surface area (TPSA) is 41.6 Å². The normalized spacial score (nSPS) is 9.69. The summed E-state index contributed by atoms with van der Waals surface area (Å²) in [7, 11) is 1.59. The van der Waals surface area contributed by atoms with E-state index in [9.17, 15) is 4.79 Å². The molecule has 4 heteroatoms. The molecule has 0 radical (unpaired) electrons. The van der Waals surface area contributed by atoms with E-state index in [-0.39, 0.29) is 0 Å². The minimum atomic E-state index is 0.657. The zero-order chi connectivity index (χ0) is 12.0. The van der Waals surface area contributed by atoms with E-state index >= 15 is 0 Å². The lowest BCUT2D eigenvalue weighted by atomic mass is 10.2. The zero-order valence-electron chi connectivity index (χ0n) is 9.99. The highest BCUT2D eigenvalue weighted by atomic mass is 16.5. The average molecular weight is 222 g/mol. The molecule has 0 atom stereocenters. The lowest BCUT2D eigenvalue weighted by Gasteiger charge is -2.22. The number of ether oxygens (including phenoxy) is 1. The van der Waals surface area contributed by atoms with E-state index in [2.05, 4.69) is 24.1 Å². The Balaban J connectivity index is 3.04. The lowest BCUT2D eigenvalue weighted by molar-refractivity contribution is -0.105. The van der Waals surface area contributed by atoms with Crippen molar-refractivity contribution in [3.8, 4) is 5.75 Å². The monoisotopic (exact) mass is 222 g/mol. The van der Waals surface area contributed by atoms with Crippen LogP contribution in [0.5, 0.6) is 5.75 Å². The maximum absolute atomic E-state index is 10.5. The third-order valence-electron chi connectivity index (χ3n) is 2.53. The van der Waals surface area contributed by atoms with Crippen molar-refractivity contribution in [1.82, 2.24) is 0 Å². The summed E-state index contributed by atoms with van der Waals surface area (Å²) >= 11 is 0. The molecule has 88 valence electrons. The number of benzene rings is 1. The SMILES string of the molecule is CCN(CC)c1ccc(OC)c(NC=O)c1. The first-order chi connectivity index (χ1) is 7.76. The number of nitrogens with zero attached hydrogens (tertiary/aromatic N) is 1. The van der Waals surface area contributed by atoms with E-state index in [0.29, 0.717) is 17.8 Å². The number of carbonyl (C=O) groups is 1. The third kappa shape index (κ3) is 2.66. The molecular weight excluding hydrogens is 204 g/mol. The van der Waals surface area contributed by atoms with Crippen LogP contribution in [-0.4, -0.2) is 26.6 Å². The molecule has 0 saturated carbocycles. The first-order valence-corrected chi connectivity index (χ1v) is 5.40. The largest absolute Gasteiger partial charge is 0.495 e. The van der Waals surface area contributed by atoms with E-state index in [1.807, 2.05) is 18.2 Å². The molecule has 0 unspecified atom stereocenters. The van der Waals surface area contributed by atoms with E-state index in [0.717, 1.165) is 18.8 Å². The predicted molar refractivity (Wildman–Crippen MR) is 66.2 cm³/mol. The number of amides is 1. The fourth-order valence-electron chi connectivity index (χ4n) is 1.66. The van der Waals surface area contributed by atoms with E-state index in [1.165, 1.54) is 0 Å². The molecule has 1 N–H and O–H groups in total. The number of rotatable bonds is 6. The van der Waals surface area contributed by atoms with Gasteiger partial charge in [-0.05, 0) is 32.0 Å². The molecule has 4 nitrogen and oxygen atoms in total. The fraction of sp³-hybridized carbons (Fsp3) is 0.417. The number of carbonyl (C=O) groups excluding carboxylic acids is 1. The van der Waals surface area contributed by atoms with Gasteiger partial charge < -0.3 is 15.0 Å². The molecule has 1 aromatic carbocycles. The summed E-state index contributed by atoms with van der Waals surface area (Å²) in [5.41, 5.74) is 1.78. The summed E-state index contributed by atoms with van der Waals surface area (Å²) in [5, 5.41) is 2.64. The van der Waals surface area contributed by atoms with Gasteiger partial charge in [0.25, 0.3) is 0 Å². The minimum absolute atomic E-state index is 0.657. The molecule has 0 aliphatic rings.